The number of hydrogen-bond acceptors (Lipinski definition) is 4. The lowest BCUT2D eigenvalue weighted by Gasteiger charge is -2.15. The molecule has 154 valence electrons. The number of aromatic nitrogens is 3. The van der Waals surface area contributed by atoms with Crippen LogP contribution < -0.4 is 4.90 Å². The van der Waals surface area contributed by atoms with Crippen molar-refractivity contribution in [1.82, 2.24) is 15.0 Å². The molecule has 1 aliphatic heterocycles. The van der Waals surface area contributed by atoms with Gasteiger partial charge in [0.05, 0.1) is 27.5 Å². The van der Waals surface area contributed by atoms with Gasteiger partial charge >= 0.3 is 0 Å². The first kappa shape index (κ1) is 19.5. The SMILES string of the molecule is CCCCc1ccc(-n2nc3cc(Cl)c(N4C(=O)c5ccccc5C4=O)cc3n2)cc1. The molecule has 0 spiro atoms. The summed E-state index contributed by atoms with van der Waals surface area (Å²) in [7, 11) is 0. The van der Waals surface area contributed by atoms with Crippen LogP contribution in [0.3, 0.4) is 0 Å². The molecular formula is C24H19ClN4O2. The van der Waals surface area contributed by atoms with E-state index in [1.807, 2.05) is 12.1 Å². The number of hydrogen-bond donors (Lipinski definition) is 0. The molecule has 0 bridgehead atoms. The van der Waals surface area contributed by atoms with Crippen molar-refractivity contribution in [3.05, 3.63) is 82.4 Å². The van der Waals surface area contributed by atoms with Gasteiger partial charge < -0.3 is 0 Å². The minimum Gasteiger partial charge on any atom is -0.268 e. The highest BCUT2D eigenvalue weighted by Gasteiger charge is 2.37. The van der Waals surface area contributed by atoms with Crippen LogP contribution in [0.25, 0.3) is 16.7 Å². The summed E-state index contributed by atoms with van der Waals surface area (Å²) in [5.74, 6) is -0.784. The number of carbonyl (C=O) groups excluding carboxylic acids is 2. The number of nitrogens with zero attached hydrogens (tertiary/aromatic N) is 4. The van der Waals surface area contributed by atoms with Gasteiger partial charge in [0.1, 0.15) is 11.0 Å². The summed E-state index contributed by atoms with van der Waals surface area (Å²) >= 11 is 6.46. The number of aryl methyl sites for hydroxylation is 1. The van der Waals surface area contributed by atoms with E-state index in [4.69, 9.17) is 11.6 Å². The molecule has 1 aliphatic rings. The Labute approximate surface area is 184 Å². The van der Waals surface area contributed by atoms with E-state index in [0.29, 0.717) is 27.8 Å². The number of unbranched alkanes of at least 4 members (excludes halogenated alkanes) is 1. The maximum atomic E-state index is 12.8. The molecule has 1 aromatic heterocycles. The Balaban J connectivity index is 1.51. The quantitative estimate of drug-likeness (QED) is 0.407. The van der Waals surface area contributed by atoms with Crippen LogP contribution >= 0.6 is 11.6 Å². The average molecular weight is 431 g/mol. The standard InChI is InChI=1S/C24H19ClN4O2/c1-2-3-6-15-9-11-16(12-10-15)29-26-20-13-19(25)22(14-21(20)27-29)28-23(30)17-7-4-5-8-18(17)24(28)31/h4-5,7-14H,2-3,6H2,1H3. The third kappa shape index (κ3) is 3.29. The van der Waals surface area contributed by atoms with Crippen LogP contribution in [0.15, 0.2) is 60.7 Å². The number of anilines is 1. The first-order valence-electron chi connectivity index (χ1n) is 10.2. The van der Waals surface area contributed by atoms with E-state index in [0.717, 1.165) is 29.8 Å². The van der Waals surface area contributed by atoms with Crippen LogP contribution in [0.1, 0.15) is 46.0 Å². The van der Waals surface area contributed by atoms with Gasteiger partial charge in [-0.05, 0) is 54.8 Å². The van der Waals surface area contributed by atoms with Crippen molar-refractivity contribution in [2.24, 2.45) is 0 Å². The number of fused-ring (bicyclic) bond motifs is 2. The van der Waals surface area contributed by atoms with Crippen molar-refractivity contribution in [2.75, 3.05) is 4.90 Å². The fraction of sp³-hybridized carbons (Fsp3) is 0.167. The van der Waals surface area contributed by atoms with Crippen LogP contribution in [0, 0.1) is 0 Å². The maximum absolute atomic E-state index is 12.8. The number of imide groups is 1. The molecule has 0 unspecified atom stereocenters. The van der Waals surface area contributed by atoms with Gasteiger partial charge in [0.25, 0.3) is 11.8 Å². The molecule has 2 amide bonds. The summed E-state index contributed by atoms with van der Waals surface area (Å²) in [5, 5.41) is 9.33. The Morgan fingerprint density at radius 3 is 2.10 bits per heavy atom. The number of rotatable bonds is 5. The zero-order chi connectivity index (χ0) is 21.5. The van der Waals surface area contributed by atoms with Gasteiger partial charge in [-0.3, -0.25) is 9.59 Å². The molecule has 5 rings (SSSR count). The minimum atomic E-state index is -0.392. The lowest BCUT2D eigenvalue weighted by molar-refractivity contribution is 0.0926. The smallest absolute Gasteiger partial charge is 0.266 e. The number of carbonyl (C=O) groups is 2. The van der Waals surface area contributed by atoms with Gasteiger partial charge in [0, 0.05) is 0 Å². The molecule has 0 radical (unpaired) electrons. The Kier molecular flexibility index (Phi) is 4.79. The van der Waals surface area contributed by atoms with Crippen molar-refractivity contribution in [3.63, 3.8) is 0 Å². The molecule has 7 heteroatoms. The number of amides is 2. The van der Waals surface area contributed by atoms with Gasteiger partial charge in [-0.2, -0.15) is 4.80 Å². The van der Waals surface area contributed by atoms with Gasteiger partial charge in [-0.1, -0.05) is 49.2 Å². The molecule has 2 heterocycles. The van der Waals surface area contributed by atoms with E-state index in [1.54, 1.807) is 36.4 Å². The molecule has 31 heavy (non-hydrogen) atoms. The van der Waals surface area contributed by atoms with Crippen molar-refractivity contribution < 1.29 is 9.59 Å². The molecule has 3 aromatic carbocycles. The van der Waals surface area contributed by atoms with E-state index in [9.17, 15) is 9.59 Å². The highest BCUT2D eigenvalue weighted by molar-refractivity contribution is 6.40. The van der Waals surface area contributed by atoms with Gasteiger partial charge in [-0.25, -0.2) is 4.90 Å². The van der Waals surface area contributed by atoms with Crippen molar-refractivity contribution in [1.29, 1.82) is 0 Å². The van der Waals surface area contributed by atoms with E-state index in [2.05, 4.69) is 29.3 Å². The fourth-order valence-electron chi connectivity index (χ4n) is 3.80. The number of benzene rings is 3. The van der Waals surface area contributed by atoms with Crippen LogP contribution in [-0.4, -0.2) is 26.8 Å². The molecule has 0 aliphatic carbocycles. The topological polar surface area (TPSA) is 68.1 Å². The van der Waals surface area contributed by atoms with Gasteiger partial charge in [-0.15, -0.1) is 10.2 Å². The first-order valence-corrected chi connectivity index (χ1v) is 10.6. The zero-order valence-corrected chi connectivity index (χ0v) is 17.6. The van der Waals surface area contributed by atoms with E-state index >= 15 is 0 Å². The largest absolute Gasteiger partial charge is 0.268 e. The molecule has 0 saturated heterocycles. The third-order valence-electron chi connectivity index (χ3n) is 5.47. The van der Waals surface area contributed by atoms with Crippen LogP contribution in [0.2, 0.25) is 5.02 Å². The Bertz CT molecular complexity index is 1290. The van der Waals surface area contributed by atoms with Gasteiger partial charge in [0.2, 0.25) is 0 Å². The third-order valence-corrected chi connectivity index (χ3v) is 5.77. The summed E-state index contributed by atoms with van der Waals surface area (Å²) < 4.78 is 0. The van der Waals surface area contributed by atoms with Crippen molar-refractivity contribution in [3.8, 4) is 5.69 Å². The second-order valence-corrected chi connectivity index (χ2v) is 7.95. The fourth-order valence-corrected chi connectivity index (χ4v) is 4.04. The second kappa shape index (κ2) is 7.63. The number of halogens is 1. The predicted octanol–water partition coefficient (Wildman–Crippen LogP) is 5.22. The average Bonchev–Trinajstić information content (AvgIpc) is 3.31. The molecular weight excluding hydrogens is 412 g/mol. The molecule has 0 N–H and O–H groups in total. The van der Waals surface area contributed by atoms with Crippen molar-refractivity contribution in [2.45, 2.75) is 26.2 Å². The van der Waals surface area contributed by atoms with Crippen molar-refractivity contribution >= 4 is 40.1 Å². The Morgan fingerprint density at radius 1 is 0.871 bits per heavy atom. The summed E-state index contributed by atoms with van der Waals surface area (Å²) in [6, 6.07) is 18.1. The van der Waals surface area contributed by atoms with E-state index in [1.165, 1.54) is 10.4 Å². The first-order chi connectivity index (χ1) is 15.1. The Morgan fingerprint density at radius 2 is 1.48 bits per heavy atom. The monoisotopic (exact) mass is 430 g/mol. The molecule has 0 saturated carbocycles. The summed E-state index contributed by atoms with van der Waals surface area (Å²) in [6.45, 7) is 2.18. The molecule has 0 atom stereocenters. The maximum Gasteiger partial charge on any atom is 0.266 e. The molecule has 0 fully saturated rings. The lowest BCUT2D eigenvalue weighted by atomic mass is 10.1. The normalized spacial score (nSPS) is 13.3. The zero-order valence-electron chi connectivity index (χ0n) is 16.9. The summed E-state index contributed by atoms with van der Waals surface area (Å²) in [6.07, 6.45) is 3.36. The van der Waals surface area contributed by atoms with Crippen LogP contribution in [0.5, 0.6) is 0 Å². The molecule has 4 aromatic rings. The summed E-state index contributed by atoms with van der Waals surface area (Å²) in [4.78, 5) is 28.3. The Hall–Kier alpha value is -3.51. The van der Waals surface area contributed by atoms with Crippen LogP contribution in [0.4, 0.5) is 5.69 Å². The minimum absolute atomic E-state index is 0.268. The van der Waals surface area contributed by atoms with E-state index < -0.39 is 11.8 Å². The highest BCUT2D eigenvalue weighted by atomic mass is 35.5. The lowest BCUT2D eigenvalue weighted by Crippen LogP contribution is -2.29. The second-order valence-electron chi connectivity index (χ2n) is 7.54. The highest BCUT2D eigenvalue weighted by Crippen LogP contribution is 2.35. The van der Waals surface area contributed by atoms with Crippen LogP contribution in [-0.2, 0) is 6.42 Å². The predicted molar refractivity (Wildman–Crippen MR) is 120 cm³/mol. The van der Waals surface area contributed by atoms with Gasteiger partial charge in [0.15, 0.2) is 0 Å². The van der Waals surface area contributed by atoms with E-state index in [-0.39, 0.29) is 5.02 Å². The molecule has 6 nitrogen and oxygen atoms in total. The summed E-state index contributed by atoms with van der Waals surface area (Å²) in [5.41, 5.74) is 4.29.